The maximum absolute atomic E-state index is 12.3. The molecule has 0 spiro atoms. The van der Waals surface area contributed by atoms with Gasteiger partial charge in [-0.05, 0) is 47.0 Å². The fourth-order valence-corrected chi connectivity index (χ4v) is 3.28. The molecule has 0 radical (unpaired) electrons. The number of carbonyl (C=O) groups is 1. The van der Waals surface area contributed by atoms with Crippen molar-refractivity contribution in [2.24, 2.45) is 4.99 Å². The number of rotatable bonds is 8. The first kappa shape index (κ1) is 24.2. The minimum atomic E-state index is -0.486. The second kappa shape index (κ2) is 11.2. The summed E-state index contributed by atoms with van der Waals surface area (Å²) in [6, 6.07) is 0.0901. The Morgan fingerprint density at radius 1 is 1.29 bits per heavy atom. The molecule has 1 heterocycles. The van der Waals surface area contributed by atoms with E-state index in [2.05, 4.69) is 39.8 Å². The Bertz CT molecular complexity index is 635. The second-order valence-corrected chi connectivity index (χ2v) is 9.24. The molecule has 2 N–H and O–H groups in total. The Morgan fingerprint density at radius 3 is 2.46 bits per heavy atom. The second-order valence-electron chi connectivity index (χ2n) is 8.29. The van der Waals surface area contributed by atoms with Crippen molar-refractivity contribution in [2.75, 3.05) is 20.1 Å². The molecule has 0 bridgehead atoms. The summed E-state index contributed by atoms with van der Waals surface area (Å²) in [5, 5.41) is 9.72. The van der Waals surface area contributed by atoms with Crippen LogP contribution in [0.25, 0.3) is 0 Å². The van der Waals surface area contributed by atoms with Gasteiger partial charge in [0.2, 0.25) is 0 Å². The molecule has 0 saturated heterocycles. The summed E-state index contributed by atoms with van der Waals surface area (Å²) in [6.45, 7) is 15.9. The van der Waals surface area contributed by atoms with Gasteiger partial charge in [-0.25, -0.2) is 9.78 Å². The van der Waals surface area contributed by atoms with Crippen molar-refractivity contribution in [3.8, 4) is 0 Å². The number of nitrogens with one attached hydrogen (secondary N) is 2. The van der Waals surface area contributed by atoms with Gasteiger partial charge >= 0.3 is 6.09 Å². The summed E-state index contributed by atoms with van der Waals surface area (Å²) in [5.74, 6) is 1.17. The zero-order valence-electron chi connectivity index (χ0n) is 18.6. The molecular weight excluding hydrogens is 374 g/mol. The van der Waals surface area contributed by atoms with Crippen LogP contribution in [0.4, 0.5) is 4.79 Å². The lowest BCUT2D eigenvalue weighted by Gasteiger charge is -2.30. The maximum Gasteiger partial charge on any atom is 0.410 e. The summed E-state index contributed by atoms with van der Waals surface area (Å²) in [7, 11) is 1.75. The van der Waals surface area contributed by atoms with Gasteiger partial charge < -0.3 is 20.3 Å². The quantitative estimate of drug-likeness (QED) is 0.384. The number of carbonyl (C=O) groups excluding carboxylic acids is 1. The molecule has 8 heteroatoms. The van der Waals surface area contributed by atoms with Gasteiger partial charge in [0.25, 0.3) is 0 Å². The van der Waals surface area contributed by atoms with Gasteiger partial charge in [0.15, 0.2) is 5.96 Å². The Hall–Kier alpha value is -1.83. The predicted molar refractivity (Wildman–Crippen MR) is 117 cm³/mol. The van der Waals surface area contributed by atoms with Gasteiger partial charge in [0, 0.05) is 31.6 Å². The van der Waals surface area contributed by atoms with Crippen LogP contribution in [-0.2, 0) is 11.3 Å². The molecular formula is C20H37N5O2S. The van der Waals surface area contributed by atoms with Crippen LogP contribution in [0.5, 0.6) is 0 Å². The van der Waals surface area contributed by atoms with E-state index >= 15 is 0 Å². The Morgan fingerprint density at radius 2 is 1.96 bits per heavy atom. The topological polar surface area (TPSA) is 78.9 Å². The van der Waals surface area contributed by atoms with Crippen LogP contribution in [0.15, 0.2) is 10.4 Å². The molecule has 0 aliphatic heterocycles. The number of hydrogen-bond donors (Lipinski definition) is 2. The average Bonchev–Trinajstić information content (AvgIpc) is 3.04. The lowest BCUT2D eigenvalue weighted by Crippen LogP contribution is -2.43. The summed E-state index contributed by atoms with van der Waals surface area (Å²) in [4.78, 5) is 23.0. The molecule has 160 valence electrons. The van der Waals surface area contributed by atoms with Crippen molar-refractivity contribution in [1.29, 1.82) is 0 Å². The Labute approximate surface area is 174 Å². The summed E-state index contributed by atoms with van der Waals surface area (Å²) in [5.41, 5.74) is 0.639. The molecule has 1 aromatic heterocycles. The van der Waals surface area contributed by atoms with Crippen molar-refractivity contribution in [1.82, 2.24) is 20.5 Å². The first-order valence-electron chi connectivity index (χ1n) is 9.92. The predicted octanol–water partition coefficient (Wildman–Crippen LogP) is 3.97. The number of ether oxygens (including phenoxy) is 1. The molecule has 28 heavy (non-hydrogen) atoms. The van der Waals surface area contributed by atoms with E-state index in [1.807, 2.05) is 34.6 Å². The van der Waals surface area contributed by atoms with E-state index in [0.717, 1.165) is 23.1 Å². The SMILES string of the molecule is CN=C(NCCCN(C(=O)OC(C)(C)C)C(C)C)NCc1nc(C(C)C)cs1. The third kappa shape index (κ3) is 8.91. The normalized spacial score (nSPS) is 12.4. The first-order valence-corrected chi connectivity index (χ1v) is 10.8. The van der Waals surface area contributed by atoms with Crippen LogP contribution < -0.4 is 10.6 Å². The van der Waals surface area contributed by atoms with E-state index in [1.54, 1.807) is 23.3 Å². The molecule has 0 aliphatic carbocycles. The number of thiazole rings is 1. The van der Waals surface area contributed by atoms with E-state index in [9.17, 15) is 4.79 Å². The number of guanidine groups is 1. The fourth-order valence-electron chi connectivity index (χ4n) is 2.39. The highest BCUT2D eigenvalue weighted by Gasteiger charge is 2.23. The smallest absolute Gasteiger partial charge is 0.410 e. The van der Waals surface area contributed by atoms with Gasteiger partial charge in [-0.2, -0.15) is 0 Å². The van der Waals surface area contributed by atoms with Crippen LogP contribution in [0.3, 0.4) is 0 Å². The zero-order valence-corrected chi connectivity index (χ0v) is 19.4. The number of aromatic nitrogens is 1. The van der Waals surface area contributed by atoms with Crippen molar-refractivity contribution in [3.63, 3.8) is 0 Å². The highest BCUT2D eigenvalue weighted by Crippen LogP contribution is 2.17. The standard InChI is InChI=1S/C20H37N5O2S/c1-14(2)16-13-28-17(24-16)12-23-18(21-8)22-10-9-11-25(15(3)4)19(26)27-20(5,6)7/h13-15H,9-12H2,1-8H3,(H2,21,22,23). The van der Waals surface area contributed by atoms with E-state index in [1.165, 1.54) is 0 Å². The molecule has 1 aromatic rings. The highest BCUT2D eigenvalue weighted by atomic mass is 32.1. The lowest BCUT2D eigenvalue weighted by molar-refractivity contribution is 0.0190. The van der Waals surface area contributed by atoms with Crippen molar-refractivity contribution in [3.05, 3.63) is 16.1 Å². The summed E-state index contributed by atoms with van der Waals surface area (Å²) >= 11 is 1.66. The van der Waals surface area contributed by atoms with Crippen LogP contribution in [0.1, 0.15) is 71.5 Å². The molecule has 0 atom stereocenters. The molecule has 1 amide bonds. The van der Waals surface area contributed by atoms with E-state index in [4.69, 9.17) is 4.74 Å². The fraction of sp³-hybridized carbons (Fsp3) is 0.750. The molecule has 1 rings (SSSR count). The van der Waals surface area contributed by atoms with E-state index in [-0.39, 0.29) is 12.1 Å². The van der Waals surface area contributed by atoms with Crippen molar-refractivity contribution in [2.45, 2.75) is 79.0 Å². The Kier molecular flexibility index (Phi) is 9.72. The maximum atomic E-state index is 12.3. The van der Waals surface area contributed by atoms with Crippen molar-refractivity contribution >= 4 is 23.4 Å². The lowest BCUT2D eigenvalue weighted by atomic mass is 10.2. The minimum Gasteiger partial charge on any atom is -0.444 e. The van der Waals surface area contributed by atoms with Crippen LogP contribution in [0, 0.1) is 0 Å². The molecule has 0 unspecified atom stereocenters. The van der Waals surface area contributed by atoms with Gasteiger partial charge in [-0.1, -0.05) is 13.8 Å². The summed E-state index contributed by atoms with van der Waals surface area (Å²) < 4.78 is 5.49. The van der Waals surface area contributed by atoms with Gasteiger partial charge in [0.05, 0.1) is 12.2 Å². The first-order chi connectivity index (χ1) is 13.0. The van der Waals surface area contributed by atoms with Crippen LogP contribution in [0.2, 0.25) is 0 Å². The zero-order chi connectivity index (χ0) is 21.3. The van der Waals surface area contributed by atoms with E-state index < -0.39 is 5.60 Å². The molecule has 0 aliphatic rings. The van der Waals surface area contributed by atoms with Crippen molar-refractivity contribution < 1.29 is 9.53 Å². The molecule has 7 nitrogen and oxygen atoms in total. The number of amides is 1. The average molecular weight is 412 g/mol. The largest absolute Gasteiger partial charge is 0.444 e. The minimum absolute atomic E-state index is 0.0901. The van der Waals surface area contributed by atoms with E-state index in [0.29, 0.717) is 25.6 Å². The van der Waals surface area contributed by atoms with Crippen LogP contribution in [-0.4, -0.2) is 53.7 Å². The molecule has 0 fully saturated rings. The van der Waals surface area contributed by atoms with Gasteiger partial charge in [-0.3, -0.25) is 4.99 Å². The number of hydrogen-bond acceptors (Lipinski definition) is 5. The van der Waals surface area contributed by atoms with Gasteiger partial charge in [-0.15, -0.1) is 11.3 Å². The van der Waals surface area contributed by atoms with Crippen LogP contribution >= 0.6 is 11.3 Å². The number of nitrogens with zero attached hydrogens (tertiary/aromatic N) is 3. The molecule has 0 saturated carbocycles. The monoisotopic (exact) mass is 411 g/mol. The third-order valence-electron chi connectivity index (χ3n) is 3.91. The highest BCUT2D eigenvalue weighted by molar-refractivity contribution is 7.09. The molecule has 0 aromatic carbocycles. The Balaban J connectivity index is 2.41. The van der Waals surface area contributed by atoms with Gasteiger partial charge in [0.1, 0.15) is 10.6 Å². The number of aliphatic imine (C=N–C) groups is 1. The summed E-state index contributed by atoms with van der Waals surface area (Å²) in [6.07, 6.45) is 0.530. The third-order valence-corrected chi connectivity index (χ3v) is 4.78.